The Hall–Kier alpha value is 0.1000. The van der Waals surface area contributed by atoms with Crippen LogP contribution in [0.3, 0.4) is 0 Å². The lowest BCUT2D eigenvalue weighted by Gasteiger charge is -2.25. The van der Waals surface area contributed by atoms with Crippen LogP contribution in [-0.4, -0.2) is 29.2 Å². The summed E-state index contributed by atoms with van der Waals surface area (Å²) >= 11 is 16.9. The van der Waals surface area contributed by atoms with Crippen molar-refractivity contribution in [3.63, 3.8) is 0 Å². The number of rotatable bonds is 4. The fourth-order valence-corrected chi connectivity index (χ4v) is 1.14. The minimum atomic E-state index is -1.61. The second-order valence-corrected chi connectivity index (χ2v) is 4.77. The summed E-state index contributed by atoms with van der Waals surface area (Å²) in [5.41, 5.74) is 0. The molecule has 0 aliphatic rings. The minimum Gasteiger partial charge on any atom is -0.450 e. The van der Waals surface area contributed by atoms with Crippen LogP contribution in [0.4, 0.5) is 4.79 Å². The molecular weight excluding hydrogens is 250 g/mol. The van der Waals surface area contributed by atoms with Gasteiger partial charge in [0, 0.05) is 0 Å². The molecule has 0 saturated carbocycles. The summed E-state index contributed by atoms with van der Waals surface area (Å²) in [5.74, 6) is 0. The average Bonchev–Trinajstić information content (AvgIpc) is 2.02. The van der Waals surface area contributed by atoms with Gasteiger partial charge in [-0.25, -0.2) is 4.79 Å². The first-order valence-corrected chi connectivity index (χ1v) is 5.28. The van der Waals surface area contributed by atoms with Crippen LogP contribution >= 0.6 is 34.8 Å². The smallest absolute Gasteiger partial charge is 0.408 e. The molecule has 0 aliphatic heterocycles. The van der Waals surface area contributed by atoms with Crippen LogP contribution < -0.4 is 10.6 Å². The van der Waals surface area contributed by atoms with Crippen LogP contribution in [-0.2, 0) is 4.74 Å². The third-order valence-electron chi connectivity index (χ3n) is 1.27. The standard InChI is InChI=1S/C7H13Cl3N2O2/c1-3-11-5(7(8,9)10)12-6(13)14-4-2/h5,11H,3-4H2,1-2H3,(H,12,13). The van der Waals surface area contributed by atoms with E-state index in [1.54, 1.807) is 6.92 Å². The van der Waals surface area contributed by atoms with Crippen molar-refractivity contribution in [2.24, 2.45) is 0 Å². The highest BCUT2D eigenvalue weighted by atomic mass is 35.6. The van der Waals surface area contributed by atoms with E-state index >= 15 is 0 Å². The maximum absolute atomic E-state index is 11.0. The molecule has 0 radical (unpaired) electrons. The molecule has 0 bridgehead atoms. The SMILES string of the molecule is CCNC(NC(=O)OCC)C(Cl)(Cl)Cl. The maximum atomic E-state index is 11.0. The molecule has 0 spiro atoms. The monoisotopic (exact) mass is 262 g/mol. The second kappa shape index (κ2) is 6.56. The Morgan fingerprint density at radius 1 is 1.43 bits per heavy atom. The molecule has 0 saturated heterocycles. The average molecular weight is 264 g/mol. The lowest BCUT2D eigenvalue weighted by molar-refractivity contribution is 0.146. The van der Waals surface area contributed by atoms with Gasteiger partial charge in [0.1, 0.15) is 6.17 Å². The molecule has 2 N–H and O–H groups in total. The van der Waals surface area contributed by atoms with Crippen molar-refractivity contribution < 1.29 is 9.53 Å². The van der Waals surface area contributed by atoms with Crippen LogP contribution in [0.15, 0.2) is 0 Å². The van der Waals surface area contributed by atoms with Crippen LogP contribution in [0.2, 0.25) is 0 Å². The van der Waals surface area contributed by atoms with Gasteiger partial charge in [-0.15, -0.1) is 0 Å². The van der Waals surface area contributed by atoms with Crippen molar-refractivity contribution in [2.45, 2.75) is 23.8 Å². The largest absolute Gasteiger partial charge is 0.450 e. The van der Waals surface area contributed by atoms with Gasteiger partial charge >= 0.3 is 6.09 Å². The van der Waals surface area contributed by atoms with Crippen molar-refractivity contribution in [3.05, 3.63) is 0 Å². The molecule has 0 aromatic carbocycles. The zero-order valence-corrected chi connectivity index (χ0v) is 10.2. The molecule has 0 heterocycles. The quantitative estimate of drug-likeness (QED) is 0.603. The normalized spacial score (nSPS) is 13.5. The fourth-order valence-electron chi connectivity index (χ4n) is 0.743. The maximum Gasteiger partial charge on any atom is 0.408 e. The van der Waals surface area contributed by atoms with Gasteiger partial charge in [0.15, 0.2) is 0 Å². The van der Waals surface area contributed by atoms with Gasteiger partial charge in [-0.05, 0) is 13.5 Å². The van der Waals surface area contributed by atoms with Crippen LogP contribution in [0.1, 0.15) is 13.8 Å². The van der Waals surface area contributed by atoms with Crippen LogP contribution in [0.25, 0.3) is 0 Å². The zero-order chi connectivity index (χ0) is 11.2. The number of nitrogens with one attached hydrogen (secondary N) is 2. The van der Waals surface area contributed by atoms with Crippen LogP contribution in [0, 0.1) is 0 Å². The molecule has 4 nitrogen and oxygen atoms in total. The molecule has 1 atom stereocenters. The number of hydrogen-bond acceptors (Lipinski definition) is 3. The van der Waals surface area contributed by atoms with E-state index in [0.717, 1.165) is 0 Å². The lowest BCUT2D eigenvalue weighted by atomic mass is 10.5. The number of alkyl carbamates (subject to hydrolysis) is 1. The second-order valence-electron chi connectivity index (χ2n) is 2.40. The number of alkyl halides is 3. The van der Waals surface area contributed by atoms with E-state index in [1.807, 2.05) is 6.92 Å². The van der Waals surface area contributed by atoms with Gasteiger partial charge in [0.25, 0.3) is 0 Å². The van der Waals surface area contributed by atoms with Crippen molar-refractivity contribution in [1.82, 2.24) is 10.6 Å². The van der Waals surface area contributed by atoms with Gasteiger partial charge in [0.2, 0.25) is 3.79 Å². The van der Waals surface area contributed by atoms with E-state index in [2.05, 4.69) is 15.4 Å². The number of halogens is 3. The first-order valence-electron chi connectivity index (χ1n) is 4.15. The van der Waals surface area contributed by atoms with Gasteiger partial charge in [0.05, 0.1) is 6.61 Å². The Balaban J connectivity index is 4.16. The first-order chi connectivity index (χ1) is 6.41. The Morgan fingerprint density at radius 3 is 2.36 bits per heavy atom. The lowest BCUT2D eigenvalue weighted by Crippen LogP contribution is -2.53. The summed E-state index contributed by atoms with van der Waals surface area (Å²) in [5, 5.41) is 5.19. The first kappa shape index (κ1) is 14.1. The summed E-state index contributed by atoms with van der Waals surface area (Å²) in [6.07, 6.45) is -1.39. The van der Waals surface area contributed by atoms with E-state index in [9.17, 15) is 4.79 Å². The van der Waals surface area contributed by atoms with E-state index in [-0.39, 0.29) is 6.61 Å². The van der Waals surface area contributed by atoms with E-state index < -0.39 is 16.1 Å². The van der Waals surface area contributed by atoms with Gasteiger partial charge in [-0.2, -0.15) is 0 Å². The Kier molecular flexibility index (Phi) is 6.61. The van der Waals surface area contributed by atoms with Gasteiger partial charge < -0.3 is 10.1 Å². The predicted octanol–water partition coefficient (Wildman–Crippen LogP) is 2.04. The molecule has 0 fully saturated rings. The summed E-state index contributed by atoms with van der Waals surface area (Å²) < 4.78 is 3.04. The molecule has 1 amide bonds. The summed E-state index contributed by atoms with van der Waals surface area (Å²) in [4.78, 5) is 11.0. The molecule has 14 heavy (non-hydrogen) atoms. The Morgan fingerprint density at radius 2 is 2.00 bits per heavy atom. The Labute approximate surface area is 98.2 Å². The fraction of sp³-hybridized carbons (Fsp3) is 0.857. The van der Waals surface area contributed by atoms with E-state index in [4.69, 9.17) is 34.8 Å². The molecule has 0 aromatic rings. The van der Waals surface area contributed by atoms with E-state index in [0.29, 0.717) is 6.54 Å². The van der Waals surface area contributed by atoms with Crippen LogP contribution in [0.5, 0.6) is 0 Å². The predicted molar refractivity (Wildman–Crippen MR) is 57.9 cm³/mol. The molecule has 0 rings (SSSR count). The van der Waals surface area contributed by atoms with Gasteiger partial charge in [-0.3, -0.25) is 5.32 Å². The van der Waals surface area contributed by atoms with Crippen molar-refractivity contribution in [1.29, 1.82) is 0 Å². The summed E-state index contributed by atoms with van der Waals surface area (Å²) in [6.45, 7) is 4.35. The molecular formula is C7H13Cl3N2O2. The number of carbonyl (C=O) groups excluding carboxylic acids is 1. The summed E-state index contributed by atoms with van der Waals surface area (Å²) in [6, 6.07) is 0. The number of hydrogen-bond donors (Lipinski definition) is 2. The topological polar surface area (TPSA) is 50.4 Å². The molecule has 7 heteroatoms. The van der Waals surface area contributed by atoms with Gasteiger partial charge in [-0.1, -0.05) is 41.7 Å². The van der Waals surface area contributed by atoms with E-state index in [1.165, 1.54) is 0 Å². The highest BCUT2D eigenvalue weighted by Crippen LogP contribution is 2.28. The molecule has 0 aliphatic carbocycles. The third kappa shape index (κ3) is 5.75. The minimum absolute atomic E-state index is 0.268. The third-order valence-corrected chi connectivity index (χ3v) is 1.93. The molecule has 0 aromatic heterocycles. The highest BCUT2D eigenvalue weighted by Gasteiger charge is 2.33. The van der Waals surface area contributed by atoms with Crippen molar-refractivity contribution in [2.75, 3.05) is 13.2 Å². The number of ether oxygens (including phenoxy) is 1. The number of carbonyl (C=O) groups is 1. The highest BCUT2D eigenvalue weighted by molar-refractivity contribution is 6.68. The number of amides is 1. The Bertz CT molecular complexity index is 184. The molecule has 1 unspecified atom stereocenters. The molecule has 84 valence electrons. The van der Waals surface area contributed by atoms with Crippen molar-refractivity contribution >= 4 is 40.9 Å². The summed E-state index contributed by atoms with van der Waals surface area (Å²) in [7, 11) is 0. The van der Waals surface area contributed by atoms with Crippen molar-refractivity contribution in [3.8, 4) is 0 Å². The zero-order valence-electron chi connectivity index (χ0n) is 7.94.